The monoisotopic (exact) mass is 486 g/mol. The fraction of sp³-hybridized carbons (Fsp3) is 0.0667. The normalized spacial score (nSPS) is 10.6. The number of nitrogens with one attached hydrogen (secondary N) is 1. The molecule has 140 valence electrons. The molecule has 1 amide bonds. The standard InChI is InChI=1S/C15H11IN4O7/c1-27-13-5-8(2-3-11(13)16)15(22)18-17-7-9-4-10(19(23)24)6-12(14(9)21)20(25)26/h2-7,21H,1H3,(H,18,22)/b17-7-. The third kappa shape index (κ3) is 4.66. The third-order valence-electron chi connectivity index (χ3n) is 3.29. The zero-order chi connectivity index (χ0) is 20.1. The maximum absolute atomic E-state index is 12.1. The van der Waals surface area contributed by atoms with E-state index in [0.717, 1.165) is 15.9 Å². The number of nitro benzene ring substituents is 2. The van der Waals surface area contributed by atoms with Crippen molar-refractivity contribution < 1.29 is 24.5 Å². The van der Waals surface area contributed by atoms with Gasteiger partial charge in [-0.25, -0.2) is 5.43 Å². The van der Waals surface area contributed by atoms with Crippen LogP contribution in [-0.4, -0.2) is 34.2 Å². The lowest BCUT2D eigenvalue weighted by molar-refractivity contribution is -0.394. The molecule has 0 atom stereocenters. The number of non-ortho nitro benzene ring substituents is 1. The average Bonchev–Trinajstić information content (AvgIpc) is 2.62. The van der Waals surface area contributed by atoms with Crippen molar-refractivity contribution in [3.8, 4) is 11.5 Å². The molecule has 0 aromatic heterocycles. The van der Waals surface area contributed by atoms with E-state index in [9.17, 15) is 30.1 Å². The first kappa shape index (κ1) is 20.0. The summed E-state index contributed by atoms with van der Waals surface area (Å²) in [4.78, 5) is 32.0. The van der Waals surface area contributed by atoms with Crippen molar-refractivity contribution >= 4 is 46.1 Å². The lowest BCUT2D eigenvalue weighted by Gasteiger charge is -2.05. The molecule has 0 heterocycles. The maximum atomic E-state index is 12.1. The number of phenols is 1. The second-order valence-electron chi connectivity index (χ2n) is 4.97. The Balaban J connectivity index is 2.26. The van der Waals surface area contributed by atoms with Crippen LogP contribution in [0.15, 0.2) is 35.4 Å². The van der Waals surface area contributed by atoms with E-state index in [4.69, 9.17) is 4.74 Å². The van der Waals surface area contributed by atoms with Gasteiger partial charge in [-0.1, -0.05) is 0 Å². The minimum absolute atomic E-state index is 0.235. The molecular weight excluding hydrogens is 475 g/mol. The molecule has 2 N–H and O–H groups in total. The van der Waals surface area contributed by atoms with E-state index >= 15 is 0 Å². The summed E-state index contributed by atoms with van der Waals surface area (Å²) in [6, 6.07) is 6.20. The van der Waals surface area contributed by atoms with Crippen LogP contribution in [0.5, 0.6) is 11.5 Å². The number of methoxy groups -OCH3 is 1. The van der Waals surface area contributed by atoms with Gasteiger partial charge in [0.05, 0.1) is 38.4 Å². The summed E-state index contributed by atoms with van der Waals surface area (Å²) in [5.41, 5.74) is 0.654. The number of aromatic hydroxyl groups is 1. The molecule has 0 aliphatic carbocycles. The highest BCUT2D eigenvalue weighted by molar-refractivity contribution is 14.1. The van der Waals surface area contributed by atoms with E-state index < -0.39 is 32.9 Å². The molecule has 0 aliphatic rings. The number of rotatable bonds is 6. The van der Waals surface area contributed by atoms with Crippen molar-refractivity contribution in [2.24, 2.45) is 5.10 Å². The van der Waals surface area contributed by atoms with Gasteiger partial charge in [0.25, 0.3) is 11.6 Å². The smallest absolute Gasteiger partial charge is 0.318 e. The Labute approximate surface area is 165 Å². The predicted molar refractivity (Wildman–Crippen MR) is 102 cm³/mol. The molecule has 2 aromatic rings. The van der Waals surface area contributed by atoms with Crippen molar-refractivity contribution in [2.75, 3.05) is 7.11 Å². The molecule has 27 heavy (non-hydrogen) atoms. The van der Waals surface area contributed by atoms with Crippen LogP contribution in [0.2, 0.25) is 0 Å². The van der Waals surface area contributed by atoms with Crippen molar-refractivity contribution in [1.29, 1.82) is 0 Å². The Morgan fingerprint density at radius 3 is 2.56 bits per heavy atom. The molecule has 0 saturated carbocycles. The van der Waals surface area contributed by atoms with Gasteiger partial charge in [0.2, 0.25) is 5.75 Å². The molecule has 0 saturated heterocycles. The minimum atomic E-state index is -0.962. The SMILES string of the molecule is COc1cc(C(=O)N/N=C\c2cc([N+](=O)[O-])cc([N+](=O)[O-])c2O)ccc1I. The quantitative estimate of drug-likeness (QED) is 0.275. The fourth-order valence-corrected chi connectivity index (χ4v) is 2.55. The van der Waals surface area contributed by atoms with Gasteiger partial charge in [0, 0.05) is 11.6 Å². The summed E-state index contributed by atoms with van der Waals surface area (Å²) in [6.07, 6.45) is 0.872. The Kier molecular flexibility index (Phi) is 6.23. The Bertz CT molecular complexity index is 961. The molecule has 0 unspecified atom stereocenters. The number of carbonyl (C=O) groups is 1. The summed E-state index contributed by atoms with van der Waals surface area (Å²) < 4.78 is 5.91. The predicted octanol–water partition coefficient (Wildman–Crippen LogP) is 2.59. The molecule has 0 radical (unpaired) electrons. The van der Waals surface area contributed by atoms with Crippen molar-refractivity contribution in [2.45, 2.75) is 0 Å². The van der Waals surface area contributed by atoms with E-state index in [1.54, 1.807) is 6.07 Å². The molecule has 0 aliphatic heterocycles. The molecule has 12 heteroatoms. The van der Waals surface area contributed by atoms with Crippen LogP contribution in [0.4, 0.5) is 11.4 Å². The topological polar surface area (TPSA) is 157 Å². The van der Waals surface area contributed by atoms with Gasteiger partial charge < -0.3 is 9.84 Å². The summed E-state index contributed by atoms with van der Waals surface area (Å²) >= 11 is 2.03. The molecule has 0 bridgehead atoms. The molecule has 11 nitrogen and oxygen atoms in total. The summed E-state index contributed by atoms with van der Waals surface area (Å²) in [6.45, 7) is 0. The van der Waals surface area contributed by atoms with Gasteiger partial charge in [-0.3, -0.25) is 25.0 Å². The van der Waals surface area contributed by atoms with Crippen LogP contribution < -0.4 is 10.2 Å². The maximum Gasteiger partial charge on any atom is 0.318 e. The second kappa shape index (κ2) is 8.39. The van der Waals surface area contributed by atoms with Crippen LogP contribution in [0, 0.1) is 23.8 Å². The lowest BCUT2D eigenvalue weighted by atomic mass is 10.1. The number of nitro groups is 2. The zero-order valence-electron chi connectivity index (χ0n) is 13.6. The van der Waals surface area contributed by atoms with Crippen LogP contribution >= 0.6 is 22.6 Å². The Morgan fingerprint density at radius 1 is 1.26 bits per heavy atom. The Hall–Kier alpha value is -3.29. The van der Waals surface area contributed by atoms with Crippen molar-refractivity contribution in [3.63, 3.8) is 0 Å². The number of halogens is 1. The molecule has 2 aromatic carbocycles. The number of amides is 1. The Morgan fingerprint density at radius 2 is 1.96 bits per heavy atom. The van der Waals surface area contributed by atoms with Crippen LogP contribution in [0.3, 0.4) is 0 Å². The average molecular weight is 486 g/mol. The number of ether oxygens (including phenoxy) is 1. The first-order valence-electron chi connectivity index (χ1n) is 7.07. The molecule has 2 rings (SSSR count). The second-order valence-corrected chi connectivity index (χ2v) is 6.13. The van der Waals surface area contributed by atoms with E-state index in [0.29, 0.717) is 11.8 Å². The van der Waals surface area contributed by atoms with Gasteiger partial charge in [-0.15, -0.1) is 0 Å². The number of nitrogens with zero attached hydrogens (tertiary/aromatic N) is 3. The first-order valence-corrected chi connectivity index (χ1v) is 8.15. The van der Waals surface area contributed by atoms with E-state index in [1.165, 1.54) is 19.2 Å². The highest BCUT2D eigenvalue weighted by Gasteiger charge is 2.23. The van der Waals surface area contributed by atoms with Gasteiger partial charge in [0.15, 0.2) is 0 Å². The van der Waals surface area contributed by atoms with Gasteiger partial charge in [-0.05, 0) is 40.8 Å². The summed E-state index contributed by atoms with van der Waals surface area (Å²) in [5, 5.41) is 35.2. The van der Waals surface area contributed by atoms with Crippen molar-refractivity contribution in [3.05, 3.63) is 65.3 Å². The molecular formula is C15H11IN4O7. The number of carbonyl (C=O) groups excluding carboxylic acids is 1. The van der Waals surface area contributed by atoms with Crippen molar-refractivity contribution in [1.82, 2.24) is 5.43 Å². The van der Waals surface area contributed by atoms with Gasteiger partial charge in [-0.2, -0.15) is 5.10 Å². The number of phenolic OH excluding ortho intramolecular Hbond substituents is 1. The molecule has 0 spiro atoms. The number of hydrogen-bond donors (Lipinski definition) is 2. The fourth-order valence-electron chi connectivity index (χ4n) is 1.99. The highest BCUT2D eigenvalue weighted by Crippen LogP contribution is 2.33. The summed E-state index contributed by atoms with van der Waals surface area (Å²) in [7, 11) is 1.45. The number of hydrazone groups is 1. The number of benzene rings is 2. The molecule has 0 fully saturated rings. The number of hydrogen-bond acceptors (Lipinski definition) is 8. The first-order chi connectivity index (χ1) is 12.7. The zero-order valence-corrected chi connectivity index (χ0v) is 15.7. The third-order valence-corrected chi connectivity index (χ3v) is 4.19. The minimum Gasteiger partial charge on any atom is -0.502 e. The van der Waals surface area contributed by atoms with E-state index in [2.05, 4.69) is 10.5 Å². The van der Waals surface area contributed by atoms with E-state index in [1.807, 2.05) is 22.6 Å². The van der Waals surface area contributed by atoms with Crippen LogP contribution in [0.1, 0.15) is 15.9 Å². The van der Waals surface area contributed by atoms with Crippen LogP contribution in [-0.2, 0) is 0 Å². The van der Waals surface area contributed by atoms with Crippen LogP contribution in [0.25, 0.3) is 0 Å². The van der Waals surface area contributed by atoms with E-state index in [-0.39, 0.29) is 11.1 Å². The van der Waals surface area contributed by atoms with Gasteiger partial charge in [0.1, 0.15) is 5.75 Å². The lowest BCUT2D eigenvalue weighted by Crippen LogP contribution is -2.17. The highest BCUT2D eigenvalue weighted by atomic mass is 127. The summed E-state index contributed by atoms with van der Waals surface area (Å²) in [5.74, 6) is -0.931. The van der Waals surface area contributed by atoms with Gasteiger partial charge >= 0.3 is 5.69 Å². The largest absolute Gasteiger partial charge is 0.502 e.